The quantitative estimate of drug-likeness (QED) is 0.702. The minimum atomic E-state index is -3.41. The van der Waals surface area contributed by atoms with Crippen molar-refractivity contribution in [3.63, 3.8) is 0 Å². The molecule has 1 saturated heterocycles. The van der Waals surface area contributed by atoms with Crippen molar-refractivity contribution in [2.24, 2.45) is 5.41 Å². The van der Waals surface area contributed by atoms with Gasteiger partial charge >= 0.3 is 0 Å². The van der Waals surface area contributed by atoms with Crippen LogP contribution in [0.5, 0.6) is 0 Å². The van der Waals surface area contributed by atoms with Gasteiger partial charge in [0.2, 0.25) is 0 Å². The van der Waals surface area contributed by atoms with Gasteiger partial charge in [-0.25, -0.2) is 0 Å². The summed E-state index contributed by atoms with van der Waals surface area (Å²) < 4.78 is 37.8. The first-order valence-corrected chi connectivity index (χ1v) is 7.00. The van der Waals surface area contributed by atoms with E-state index in [1.165, 1.54) is 0 Å². The Balaban J connectivity index is 2.58. The van der Waals surface area contributed by atoms with Gasteiger partial charge in [0.05, 0.1) is 25.6 Å². The fourth-order valence-corrected chi connectivity index (χ4v) is 1.94. The third kappa shape index (κ3) is 4.01. The van der Waals surface area contributed by atoms with E-state index in [4.69, 9.17) is 13.7 Å². The summed E-state index contributed by atoms with van der Waals surface area (Å²) in [5.74, 6) is -0.604. The molecule has 0 aromatic rings. The van der Waals surface area contributed by atoms with E-state index < -0.39 is 21.3 Å². The molecule has 5 nitrogen and oxygen atoms in total. The largest absolute Gasteiger partial charge is 0.348 e. The Morgan fingerprint density at radius 1 is 1.44 bits per heavy atom. The third-order valence-corrected chi connectivity index (χ3v) is 3.07. The lowest BCUT2D eigenvalue weighted by atomic mass is 9.88. The van der Waals surface area contributed by atoms with E-state index in [2.05, 4.69) is 0 Å². The smallest absolute Gasteiger partial charge is 0.264 e. The van der Waals surface area contributed by atoms with E-state index >= 15 is 0 Å². The SMILES string of the molecule is CC1(C)OC[C@@H](C(C)(C)COS(C)(=O)=O)O1. The average Bonchev–Trinajstić information content (AvgIpc) is 2.42. The molecule has 1 aliphatic rings. The van der Waals surface area contributed by atoms with E-state index in [1.807, 2.05) is 27.7 Å². The summed E-state index contributed by atoms with van der Waals surface area (Å²) in [5, 5.41) is 0. The summed E-state index contributed by atoms with van der Waals surface area (Å²) in [6.07, 6.45) is 0.878. The maximum Gasteiger partial charge on any atom is 0.264 e. The van der Waals surface area contributed by atoms with Crippen molar-refractivity contribution in [2.45, 2.75) is 39.6 Å². The van der Waals surface area contributed by atoms with Crippen LogP contribution in [0, 0.1) is 5.41 Å². The molecule has 0 saturated carbocycles. The molecule has 1 fully saturated rings. The van der Waals surface area contributed by atoms with Crippen LogP contribution in [-0.2, 0) is 23.8 Å². The molecular weight excluding hydrogens is 232 g/mol. The van der Waals surface area contributed by atoms with Gasteiger partial charge in [-0.05, 0) is 13.8 Å². The van der Waals surface area contributed by atoms with E-state index in [1.54, 1.807) is 0 Å². The van der Waals surface area contributed by atoms with Gasteiger partial charge in [-0.1, -0.05) is 13.8 Å². The summed E-state index contributed by atoms with van der Waals surface area (Å²) in [5.41, 5.74) is -0.406. The molecule has 1 aliphatic heterocycles. The molecule has 0 spiro atoms. The summed E-state index contributed by atoms with van der Waals surface area (Å²) in [6, 6.07) is 0. The Morgan fingerprint density at radius 2 is 2.00 bits per heavy atom. The Hall–Kier alpha value is -0.170. The van der Waals surface area contributed by atoms with Gasteiger partial charge in [0.25, 0.3) is 10.1 Å². The molecule has 0 unspecified atom stereocenters. The van der Waals surface area contributed by atoms with Gasteiger partial charge in [-0.3, -0.25) is 4.18 Å². The topological polar surface area (TPSA) is 61.8 Å². The van der Waals surface area contributed by atoms with Crippen LogP contribution >= 0.6 is 0 Å². The van der Waals surface area contributed by atoms with Crippen LogP contribution < -0.4 is 0 Å². The van der Waals surface area contributed by atoms with Gasteiger partial charge in [-0.2, -0.15) is 8.42 Å². The van der Waals surface area contributed by atoms with Crippen molar-refractivity contribution in [3.8, 4) is 0 Å². The zero-order valence-electron chi connectivity index (χ0n) is 10.4. The second kappa shape index (κ2) is 4.25. The van der Waals surface area contributed by atoms with Crippen molar-refractivity contribution in [1.29, 1.82) is 0 Å². The third-order valence-electron chi connectivity index (χ3n) is 2.53. The van der Waals surface area contributed by atoms with Crippen LogP contribution in [0.15, 0.2) is 0 Å². The summed E-state index contributed by atoms with van der Waals surface area (Å²) in [4.78, 5) is 0. The standard InChI is InChI=1S/C10H20O5S/c1-9(2,7-14-16(5,11)12)8-6-13-10(3,4)15-8/h8H,6-7H2,1-5H3/t8-/m0/s1. The first-order valence-electron chi connectivity index (χ1n) is 5.18. The average molecular weight is 252 g/mol. The molecular formula is C10H20O5S. The lowest BCUT2D eigenvalue weighted by molar-refractivity contribution is -0.153. The van der Waals surface area contributed by atoms with Crippen molar-refractivity contribution in [3.05, 3.63) is 0 Å². The van der Waals surface area contributed by atoms with Crippen LogP contribution in [0.25, 0.3) is 0 Å². The molecule has 16 heavy (non-hydrogen) atoms. The predicted octanol–water partition coefficient (Wildman–Crippen LogP) is 1.14. The molecule has 0 amide bonds. The summed E-state index contributed by atoms with van der Waals surface area (Å²) in [6.45, 7) is 8.01. The second-order valence-electron chi connectivity index (χ2n) is 5.27. The highest BCUT2D eigenvalue weighted by atomic mass is 32.2. The zero-order valence-corrected chi connectivity index (χ0v) is 11.3. The zero-order chi connectivity index (χ0) is 12.6. The van der Waals surface area contributed by atoms with Gasteiger partial charge in [0, 0.05) is 5.41 Å². The summed E-state index contributed by atoms with van der Waals surface area (Å²) in [7, 11) is -3.41. The van der Waals surface area contributed by atoms with E-state index in [-0.39, 0.29) is 12.7 Å². The lowest BCUT2D eigenvalue weighted by Crippen LogP contribution is -2.37. The molecule has 0 aromatic carbocycles. The molecule has 6 heteroatoms. The number of hydrogen-bond donors (Lipinski definition) is 0. The highest BCUT2D eigenvalue weighted by Gasteiger charge is 2.42. The monoisotopic (exact) mass is 252 g/mol. The second-order valence-corrected chi connectivity index (χ2v) is 6.92. The molecule has 1 heterocycles. The van der Waals surface area contributed by atoms with Crippen molar-refractivity contribution < 1.29 is 22.1 Å². The molecule has 0 N–H and O–H groups in total. The fourth-order valence-electron chi connectivity index (χ4n) is 1.42. The predicted molar refractivity (Wildman–Crippen MR) is 59.5 cm³/mol. The van der Waals surface area contributed by atoms with Crippen LogP contribution in [0.2, 0.25) is 0 Å². The molecule has 0 radical (unpaired) electrons. The van der Waals surface area contributed by atoms with E-state index in [0.717, 1.165) is 6.26 Å². The lowest BCUT2D eigenvalue weighted by Gasteiger charge is -2.30. The molecule has 0 aliphatic carbocycles. The number of rotatable bonds is 4. The van der Waals surface area contributed by atoms with Gasteiger partial charge in [0.1, 0.15) is 0 Å². The Kier molecular flexibility index (Phi) is 3.69. The normalized spacial score (nSPS) is 25.9. The molecule has 96 valence electrons. The number of ether oxygens (including phenoxy) is 2. The fraction of sp³-hybridized carbons (Fsp3) is 1.00. The Labute approximate surface area is 97.2 Å². The van der Waals surface area contributed by atoms with E-state index in [9.17, 15) is 8.42 Å². The van der Waals surface area contributed by atoms with Crippen LogP contribution in [0.3, 0.4) is 0 Å². The van der Waals surface area contributed by atoms with E-state index in [0.29, 0.717) is 6.61 Å². The highest BCUT2D eigenvalue weighted by Crippen LogP contribution is 2.34. The summed E-state index contributed by atoms with van der Waals surface area (Å²) >= 11 is 0. The molecule has 1 rings (SSSR count). The molecule has 0 bridgehead atoms. The van der Waals surface area contributed by atoms with Crippen LogP contribution in [0.1, 0.15) is 27.7 Å². The minimum absolute atomic E-state index is 0.0932. The van der Waals surface area contributed by atoms with Crippen LogP contribution in [-0.4, -0.2) is 39.8 Å². The van der Waals surface area contributed by atoms with Gasteiger partial charge in [0.15, 0.2) is 5.79 Å². The Bertz CT molecular complexity index is 344. The highest BCUT2D eigenvalue weighted by molar-refractivity contribution is 7.85. The van der Waals surface area contributed by atoms with Gasteiger partial charge in [-0.15, -0.1) is 0 Å². The molecule has 1 atom stereocenters. The first-order chi connectivity index (χ1) is 7.02. The van der Waals surface area contributed by atoms with Crippen LogP contribution in [0.4, 0.5) is 0 Å². The Morgan fingerprint density at radius 3 is 2.38 bits per heavy atom. The maximum absolute atomic E-state index is 10.9. The minimum Gasteiger partial charge on any atom is -0.348 e. The first kappa shape index (κ1) is 13.9. The van der Waals surface area contributed by atoms with Gasteiger partial charge < -0.3 is 9.47 Å². The molecule has 0 aromatic heterocycles. The number of hydrogen-bond acceptors (Lipinski definition) is 5. The maximum atomic E-state index is 10.9. The van der Waals surface area contributed by atoms with Crippen molar-refractivity contribution >= 4 is 10.1 Å². The van der Waals surface area contributed by atoms with Crippen molar-refractivity contribution in [1.82, 2.24) is 0 Å². The van der Waals surface area contributed by atoms with Crippen molar-refractivity contribution in [2.75, 3.05) is 19.5 Å².